The second-order valence-corrected chi connectivity index (χ2v) is 10.5. The molecular weight excluding hydrogens is 456 g/mol. The summed E-state index contributed by atoms with van der Waals surface area (Å²) in [6.07, 6.45) is 23.9. The van der Waals surface area contributed by atoms with Crippen molar-refractivity contribution >= 4 is 12.4 Å². The van der Waals surface area contributed by atoms with Gasteiger partial charge in [0.25, 0.3) is 0 Å². The summed E-state index contributed by atoms with van der Waals surface area (Å²) >= 11 is 0. The number of nitrogens with zero attached hydrogens (tertiary/aromatic N) is 2. The molecule has 0 aliphatic rings. The topological polar surface area (TPSA) is 43.2 Å². The highest BCUT2D eigenvalue weighted by atomic mass is 16.5. The molecule has 0 unspecified atom stereocenters. The lowest BCUT2D eigenvalue weighted by atomic mass is 10.1. The lowest BCUT2D eigenvalue weighted by Crippen LogP contribution is -2.19. The van der Waals surface area contributed by atoms with Crippen LogP contribution in [0.1, 0.15) is 73.6 Å². The van der Waals surface area contributed by atoms with Crippen LogP contribution >= 0.6 is 0 Å². The SMILES string of the molecule is C=C\C=C/C(/C=N/CCCCCCC/N=C/C(/C=C\C=C)=C(/C=C)OC(C)(C)C)=C(\C=C)OC(C)(C)C. The number of aliphatic imine (C=N–C) groups is 2. The van der Waals surface area contributed by atoms with E-state index in [0.29, 0.717) is 0 Å². The molecule has 0 aliphatic carbocycles. The maximum Gasteiger partial charge on any atom is 0.128 e. The molecule has 37 heavy (non-hydrogen) atoms. The van der Waals surface area contributed by atoms with Gasteiger partial charge < -0.3 is 9.47 Å². The van der Waals surface area contributed by atoms with E-state index in [2.05, 4.69) is 36.3 Å². The Bertz CT molecular complexity index is 824. The normalized spacial score (nSPS) is 14.2. The van der Waals surface area contributed by atoms with Crippen LogP contribution in [0.25, 0.3) is 0 Å². The summed E-state index contributed by atoms with van der Waals surface area (Å²) in [6.45, 7) is 28.9. The molecule has 0 N–H and O–H groups in total. The smallest absolute Gasteiger partial charge is 0.128 e. The van der Waals surface area contributed by atoms with Crippen molar-refractivity contribution in [2.75, 3.05) is 13.1 Å². The molecule has 0 aromatic carbocycles. The van der Waals surface area contributed by atoms with Crippen LogP contribution in [0, 0.1) is 0 Å². The second kappa shape index (κ2) is 19.0. The zero-order valence-corrected chi connectivity index (χ0v) is 24.3. The number of ether oxygens (including phenoxy) is 2. The van der Waals surface area contributed by atoms with Gasteiger partial charge in [-0.3, -0.25) is 9.98 Å². The number of unbranched alkanes of at least 4 members (excludes halogenated alkanes) is 4. The molecule has 0 aliphatic heterocycles. The predicted octanol–water partition coefficient (Wildman–Crippen LogP) is 9.07. The van der Waals surface area contributed by atoms with E-state index in [0.717, 1.165) is 61.4 Å². The van der Waals surface area contributed by atoms with Crippen LogP contribution in [0.15, 0.2) is 108 Å². The Balaban J connectivity index is 4.67. The molecule has 0 fully saturated rings. The van der Waals surface area contributed by atoms with E-state index in [1.54, 1.807) is 24.3 Å². The molecule has 0 spiro atoms. The Morgan fingerprint density at radius 1 is 0.595 bits per heavy atom. The molecule has 0 atom stereocenters. The third kappa shape index (κ3) is 18.7. The van der Waals surface area contributed by atoms with Crippen LogP contribution in [0.5, 0.6) is 0 Å². The van der Waals surface area contributed by atoms with Gasteiger partial charge in [-0.15, -0.1) is 0 Å². The van der Waals surface area contributed by atoms with Crippen molar-refractivity contribution in [2.45, 2.75) is 84.8 Å². The number of hydrogen-bond acceptors (Lipinski definition) is 4. The van der Waals surface area contributed by atoms with Crippen molar-refractivity contribution in [3.8, 4) is 0 Å². The molecule has 4 nitrogen and oxygen atoms in total. The molecule has 204 valence electrons. The van der Waals surface area contributed by atoms with Crippen LogP contribution in [0.3, 0.4) is 0 Å². The van der Waals surface area contributed by atoms with Gasteiger partial charge in [0.2, 0.25) is 0 Å². The summed E-state index contributed by atoms with van der Waals surface area (Å²) in [4.78, 5) is 9.21. The van der Waals surface area contributed by atoms with Crippen LogP contribution < -0.4 is 0 Å². The summed E-state index contributed by atoms with van der Waals surface area (Å²) in [6, 6.07) is 0. The van der Waals surface area contributed by atoms with E-state index in [-0.39, 0.29) is 11.2 Å². The monoisotopic (exact) mass is 506 g/mol. The number of rotatable bonds is 18. The van der Waals surface area contributed by atoms with Crippen molar-refractivity contribution in [2.24, 2.45) is 9.98 Å². The molecule has 4 heteroatoms. The molecule has 0 rings (SSSR count). The molecule has 0 bridgehead atoms. The zero-order chi connectivity index (χ0) is 28.2. The molecule has 0 aromatic heterocycles. The average molecular weight is 507 g/mol. The van der Waals surface area contributed by atoms with Crippen molar-refractivity contribution in [3.63, 3.8) is 0 Å². The lowest BCUT2D eigenvalue weighted by Gasteiger charge is -2.22. The Morgan fingerprint density at radius 2 is 0.946 bits per heavy atom. The van der Waals surface area contributed by atoms with Crippen molar-refractivity contribution in [3.05, 3.63) is 97.6 Å². The van der Waals surface area contributed by atoms with Gasteiger partial charge in [0, 0.05) is 36.7 Å². The minimum atomic E-state index is -0.303. The first-order valence-electron chi connectivity index (χ1n) is 13.2. The van der Waals surface area contributed by atoms with Crippen LogP contribution in [-0.4, -0.2) is 36.7 Å². The highest BCUT2D eigenvalue weighted by Crippen LogP contribution is 2.19. The van der Waals surface area contributed by atoms with Gasteiger partial charge >= 0.3 is 0 Å². The third-order valence-electron chi connectivity index (χ3n) is 4.63. The fourth-order valence-electron chi connectivity index (χ4n) is 3.08. The van der Waals surface area contributed by atoms with E-state index in [4.69, 9.17) is 9.47 Å². The summed E-state index contributed by atoms with van der Waals surface area (Å²) in [5.41, 5.74) is 1.18. The minimum absolute atomic E-state index is 0.303. The quantitative estimate of drug-likeness (QED) is 0.0805. The Hall–Kier alpha value is -3.14. The fourth-order valence-corrected chi connectivity index (χ4v) is 3.08. The van der Waals surface area contributed by atoms with Crippen LogP contribution in [-0.2, 0) is 9.47 Å². The first-order chi connectivity index (χ1) is 17.5. The first-order valence-corrected chi connectivity index (χ1v) is 13.2. The van der Waals surface area contributed by atoms with Crippen molar-refractivity contribution in [1.29, 1.82) is 0 Å². The second-order valence-electron chi connectivity index (χ2n) is 10.5. The van der Waals surface area contributed by atoms with Gasteiger partial charge in [-0.2, -0.15) is 0 Å². The molecule has 0 radical (unpaired) electrons. The summed E-state index contributed by atoms with van der Waals surface area (Å²) in [7, 11) is 0. The van der Waals surface area contributed by atoms with E-state index >= 15 is 0 Å². The molecule has 0 saturated heterocycles. The largest absolute Gasteiger partial charge is 0.487 e. The molecule has 0 heterocycles. The Morgan fingerprint density at radius 3 is 1.24 bits per heavy atom. The van der Waals surface area contributed by atoms with E-state index in [1.807, 2.05) is 78.3 Å². The van der Waals surface area contributed by atoms with E-state index in [1.165, 1.54) is 6.42 Å². The third-order valence-corrected chi connectivity index (χ3v) is 4.63. The molecule has 0 amide bonds. The summed E-state index contributed by atoms with van der Waals surface area (Å²) in [5, 5.41) is 0. The standard InChI is InChI=1S/C33H50N2O2/c1-11-15-22-28(30(13-3)36-32(5,6)7)26-34-24-20-18-17-19-21-25-35-27-29(23-16-12-2)31(14-4)37-33(8,9)10/h11-16,22-23,26-27H,1-4,17-21,24-25H2,5-10H3/b22-15-,23-16-,30-28-,31-29-,34-26+,35-27+. The van der Waals surface area contributed by atoms with Crippen LogP contribution in [0.4, 0.5) is 0 Å². The first kappa shape index (κ1) is 33.9. The van der Waals surface area contributed by atoms with Gasteiger partial charge in [0.05, 0.1) is 0 Å². The maximum atomic E-state index is 6.01. The Labute approximate surface area is 227 Å². The van der Waals surface area contributed by atoms with Crippen molar-refractivity contribution in [1.82, 2.24) is 0 Å². The molecular formula is C33H50N2O2. The van der Waals surface area contributed by atoms with Gasteiger partial charge in [0.15, 0.2) is 0 Å². The van der Waals surface area contributed by atoms with E-state index in [9.17, 15) is 0 Å². The fraction of sp³-hybridized carbons (Fsp3) is 0.455. The van der Waals surface area contributed by atoms with Gasteiger partial charge in [-0.1, -0.05) is 69.9 Å². The predicted molar refractivity (Wildman–Crippen MR) is 165 cm³/mol. The summed E-state index contributed by atoms with van der Waals surface area (Å²) < 4.78 is 12.0. The van der Waals surface area contributed by atoms with Crippen LogP contribution in [0.2, 0.25) is 0 Å². The highest BCUT2D eigenvalue weighted by Gasteiger charge is 2.14. The average Bonchev–Trinajstić information content (AvgIpc) is 2.82. The van der Waals surface area contributed by atoms with Gasteiger partial charge in [-0.25, -0.2) is 0 Å². The Kier molecular flexibility index (Phi) is 17.4. The zero-order valence-electron chi connectivity index (χ0n) is 24.3. The van der Waals surface area contributed by atoms with Gasteiger partial charge in [0.1, 0.15) is 22.7 Å². The molecule has 0 aromatic rings. The lowest BCUT2D eigenvalue weighted by molar-refractivity contribution is 0.0589. The minimum Gasteiger partial charge on any atom is -0.487 e. The molecule has 0 saturated carbocycles. The maximum absolute atomic E-state index is 6.01. The van der Waals surface area contributed by atoms with E-state index < -0.39 is 0 Å². The highest BCUT2D eigenvalue weighted by molar-refractivity contribution is 5.84. The van der Waals surface area contributed by atoms with Gasteiger partial charge in [-0.05, 0) is 78.7 Å². The number of hydrogen-bond donors (Lipinski definition) is 0. The van der Waals surface area contributed by atoms with Crippen molar-refractivity contribution < 1.29 is 9.47 Å². The number of allylic oxidation sites excluding steroid dienone is 10. The summed E-state index contributed by atoms with van der Waals surface area (Å²) in [5.74, 6) is 1.44.